The number of hydrogen-bond donors (Lipinski definition) is 0. The Hall–Kier alpha value is -3.04. The van der Waals surface area contributed by atoms with Crippen molar-refractivity contribution < 1.29 is 28.5 Å². The summed E-state index contributed by atoms with van der Waals surface area (Å²) in [6.45, 7) is 1.97. The van der Waals surface area contributed by atoms with Gasteiger partial charge in [0.15, 0.2) is 0 Å². The van der Waals surface area contributed by atoms with Gasteiger partial charge in [0.25, 0.3) is 5.91 Å². The third-order valence-electron chi connectivity index (χ3n) is 5.35. The smallest absolute Gasteiger partial charge is 0.261 e. The van der Waals surface area contributed by atoms with Crippen molar-refractivity contribution in [1.29, 1.82) is 0 Å². The molecule has 33 heavy (non-hydrogen) atoms. The highest BCUT2D eigenvalue weighted by Gasteiger charge is 2.27. The molecule has 0 unspecified atom stereocenters. The zero-order valence-electron chi connectivity index (χ0n) is 20.2. The SMILES string of the molecule is COCCCN(CC(=O)N(CCOC)Cc1cccn1C)C(=O)c1c(OC)cccc1OC. The molecule has 1 aromatic carbocycles. The maximum Gasteiger partial charge on any atom is 0.261 e. The third kappa shape index (κ3) is 7.23. The fourth-order valence-corrected chi connectivity index (χ4v) is 3.49. The molecule has 2 rings (SSSR count). The molecular formula is C24H35N3O6. The summed E-state index contributed by atoms with van der Waals surface area (Å²) in [6.07, 6.45) is 2.52. The van der Waals surface area contributed by atoms with Crippen LogP contribution in [-0.4, -0.2) is 87.5 Å². The molecular weight excluding hydrogens is 426 g/mol. The number of aromatic nitrogens is 1. The van der Waals surface area contributed by atoms with Crippen LogP contribution in [0.1, 0.15) is 22.5 Å². The summed E-state index contributed by atoms with van der Waals surface area (Å²) in [7, 11) is 8.13. The molecule has 0 N–H and O–H groups in total. The Bertz CT molecular complexity index is 876. The van der Waals surface area contributed by atoms with E-state index in [1.54, 1.807) is 37.3 Å². The summed E-state index contributed by atoms with van der Waals surface area (Å²) in [5.41, 5.74) is 1.28. The topological polar surface area (TPSA) is 82.5 Å². The van der Waals surface area contributed by atoms with E-state index in [4.69, 9.17) is 18.9 Å². The molecule has 0 bridgehead atoms. The summed E-state index contributed by atoms with van der Waals surface area (Å²) >= 11 is 0. The van der Waals surface area contributed by atoms with Gasteiger partial charge in [-0.05, 0) is 30.7 Å². The third-order valence-corrected chi connectivity index (χ3v) is 5.35. The van der Waals surface area contributed by atoms with Crippen molar-refractivity contribution in [3.8, 4) is 11.5 Å². The molecule has 1 heterocycles. The average Bonchev–Trinajstić information content (AvgIpc) is 3.24. The Labute approximate surface area is 195 Å². The van der Waals surface area contributed by atoms with Crippen molar-refractivity contribution in [3.63, 3.8) is 0 Å². The second-order valence-corrected chi connectivity index (χ2v) is 7.53. The van der Waals surface area contributed by atoms with E-state index in [0.29, 0.717) is 56.3 Å². The zero-order valence-corrected chi connectivity index (χ0v) is 20.2. The van der Waals surface area contributed by atoms with Gasteiger partial charge in [0.2, 0.25) is 5.91 Å². The van der Waals surface area contributed by atoms with Gasteiger partial charge < -0.3 is 33.3 Å². The van der Waals surface area contributed by atoms with Crippen LogP contribution in [0.3, 0.4) is 0 Å². The van der Waals surface area contributed by atoms with Gasteiger partial charge >= 0.3 is 0 Å². The fraction of sp³-hybridized carbons (Fsp3) is 0.500. The molecule has 0 aliphatic heterocycles. The van der Waals surface area contributed by atoms with Crippen molar-refractivity contribution in [1.82, 2.24) is 14.4 Å². The van der Waals surface area contributed by atoms with Gasteiger partial charge in [0.1, 0.15) is 23.6 Å². The van der Waals surface area contributed by atoms with E-state index in [9.17, 15) is 9.59 Å². The number of aryl methyl sites for hydroxylation is 1. The Kier molecular flexibility index (Phi) is 10.7. The Morgan fingerprint density at radius 3 is 2.09 bits per heavy atom. The van der Waals surface area contributed by atoms with Gasteiger partial charge in [-0.15, -0.1) is 0 Å². The second kappa shape index (κ2) is 13.5. The van der Waals surface area contributed by atoms with Crippen LogP contribution in [0.5, 0.6) is 11.5 Å². The Balaban J connectivity index is 2.29. The lowest BCUT2D eigenvalue weighted by molar-refractivity contribution is -0.133. The molecule has 1 aromatic heterocycles. The largest absolute Gasteiger partial charge is 0.496 e. The van der Waals surface area contributed by atoms with E-state index in [0.717, 1.165) is 5.69 Å². The van der Waals surface area contributed by atoms with Crippen molar-refractivity contribution >= 4 is 11.8 Å². The van der Waals surface area contributed by atoms with Crippen LogP contribution in [0.15, 0.2) is 36.5 Å². The zero-order chi connectivity index (χ0) is 24.2. The van der Waals surface area contributed by atoms with Crippen LogP contribution in [-0.2, 0) is 27.9 Å². The van der Waals surface area contributed by atoms with Crippen molar-refractivity contribution in [3.05, 3.63) is 47.8 Å². The Morgan fingerprint density at radius 1 is 0.879 bits per heavy atom. The normalized spacial score (nSPS) is 10.7. The molecule has 0 fully saturated rings. The van der Waals surface area contributed by atoms with Crippen LogP contribution in [0.2, 0.25) is 0 Å². The predicted molar refractivity (Wildman–Crippen MR) is 125 cm³/mol. The van der Waals surface area contributed by atoms with E-state index in [-0.39, 0.29) is 18.4 Å². The molecule has 2 aromatic rings. The minimum atomic E-state index is -0.334. The minimum absolute atomic E-state index is 0.0854. The van der Waals surface area contributed by atoms with Crippen LogP contribution < -0.4 is 9.47 Å². The summed E-state index contributed by atoms with van der Waals surface area (Å²) in [5, 5.41) is 0. The van der Waals surface area contributed by atoms with Gasteiger partial charge in [-0.25, -0.2) is 0 Å². The highest BCUT2D eigenvalue weighted by Crippen LogP contribution is 2.29. The quantitative estimate of drug-likeness (QED) is 0.401. The first-order chi connectivity index (χ1) is 16.0. The number of hydrogen-bond acceptors (Lipinski definition) is 6. The van der Waals surface area contributed by atoms with Crippen LogP contribution in [0.25, 0.3) is 0 Å². The first-order valence-corrected chi connectivity index (χ1v) is 10.8. The lowest BCUT2D eigenvalue weighted by atomic mass is 10.1. The summed E-state index contributed by atoms with van der Waals surface area (Å²) < 4.78 is 23.1. The van der Waals surface area contributed by atoms with Crippen LogP contribution in [0, 0.1) is 0 Å². The summed E-state index contributed by atoms with van der Waals surface area (Å²) in [5.74, 6) is 0.277. The van der Waals surface area contributed by atoms with Gasteiger partial charge in [-0.1, -0.05) is 6.07 Å². The van der Waals surface area contributed by atoms with Gasteiger partial charge in [-0.3, -0.25) is 9.59 Å². The number of nitrogens with zero attached hydrogens (tertiary/aromatic N) is 3. The van der Waals surface area contributed by atoms with E-state index < -0.39 is 0 Å². The number of rotatable bonds is 14. The monoisotopic (exact) mass is 461 g/mol. The molecule has 0 aliphatic carbocycles. The molecule has 0 spiro atoms. The van der Waals surface area contributed by atoms with Crippen molar-refractivity contribution in [2.75, 3.05) is 61.3 Å². The summed E-state index contributed by atoms with van der Waals surface area (Å²) in [4.78, 5) is 30.1. The highest BCUT2D eigenvalue weighted by atomic mass is 16.5. The lowest BCUT2D eigenvalue weighted by Crippen LogP contribution is -2.44. The van der Waals surface area contributed by atoms with E-state index >= 15 is 0 Å². The maximum absolute atomic E-state index is 13.6. The molecule has 2 amide bonds. The first kappa shape index (κ1) is 26.2. The van der Waals surface area contributed by atoms with Crippen LogP contribution in [0.4, 0.5) is 0 Å². The van der Waals surface area contributed by atoms with E-state index in [1.807, 2.05) is 29.9 Å². The molecule has 0 saturated carbocycles. The van der Waals surface area contributed by atoms with Gasteiger partial charge in [0.05, 0.1) is 27.4 Å². The van der Waals surface area contributed by atoms with Gasteiger partial charge in [0, 0.05) is 52.9 Å². The number of amides is 2. The molecule has 182 valence electrons. The molecule has 0 radical (unpaired) electrons. The van der Waals surface area contributed by atoms with Crippen molar-refractivity contribution in [2.24, 2.45) is 7.05 Å². The Morgan fingerprint density at radius 2 is 1.55 bits per heavy atom. The summed E-state index contributed by atoms with van der Waals surface area (Å²) in [6, 6.07) is 9.05. The number of carbonyl (C=O) groups is 2. The minimum Gasteiger partial charge on any atom is -0.496 e. The number of carbonyl (C=O) groups excluding carboxylic acids is 2. The van der Waals surface area contributed by atoms with Crippen LogP contribution >= 0.6 is 0 Å². The standard InChI is InChI=1S/C24H35N3O6/c1-25-12-7-9-19(25)17-26(14-16-31-3)22(28)18-27(13-8-15-30-2)24(29)23-20(32-4)10-6-11-21(23)33-5/h6-7,9-12H,8,13-18H2,1-5H3. The highest BCUT2D eigenvalue weighted by molar-refractivity contribution is 6.01. The maximum atomic E-state index is 13.6. The number of ether oxygens (including phenoxy) is 4. The lowest BCUT2D eigenvalue weighted by Gasteiger charge is -2.28. The number of benzene rings is 1. The second-order valence-electron chi connectivity index (χ2n) is 7.53. The molecule has 0 saturated heterocycles. The van der Waals surface area contributed by atoms with E-state index in [2.05, 4.69) is 0 Å². The molecule has 0 atom stereocenters. The van der Waals surface area contributed by atoms with E-state index in [1.165, 1.54) is 19.1 Å². The molecule has 9 nitrogen and oxygen atoms in total. The predicted octanol–water partition coefficient (Wildman–Crippen LogP) is 2.20. The first-order valence-electron chi connectivity index (χ1n) is 10.8. The van der Waals surface area contributed by atoms with Gasteiger partial charge in [-0.2, -0.15) is 0 Å². The number of methoxy groups -OCH3 is 4. The average molecular weight is 462 g/mol. The molecule has 9 heteroatoms. The molecule has 0 aliphatic rings. The van der Waals surface area contributed by atoms with Crippen molar-refractivity contribution in [2.45, 2.75) is 13.0 Å². The fourth-order valence-electron chi connectivity index (χ4n) is 3.49.